The molecule has 94 valence electrons. The van der Waals surface area contributed by atoms with Crippen LogP contribution in [0.25, 0.3) is 0 Å². The number of esters is 1. The molecule has 5 nitrogen and oxygen atoms in total. The van der Waals surface area contributed by atoms with Crippen LogP contribution in [0, 0.1) is 5.92 Å². The first kappa shape index (κ1) is 15.2. The Labute approximate surface area is 102 Å². The van der Waals surface area contributed by atoms with Crippen molar-refractivity contribution in [2.45, 2.75) is 32.8 Å². The van der Waals surface area contributed by atoms with E-state index in [1.165, 1.54) is 0 Å². The topological polar surface area (TPSA) is 73.9 Å². The molecule has 1 heterocycles. The summed E-state index contributed by atoms with van der Waals surface area (Å²) in [6.45, 7) is 6.24. The second-order valence-electron chi connectivity index (χ2n) is 3.89. The first-order valence-electron chi connectivity index (χ1n) is 5.18. The maximum atomic E-state index is 11.8. The SMILES string of the molecule is CCOC(=O)C1(C(C)C)CC(CN)=NO1.Cl. The lowest BCUT2D eigenvalue weighted by Crippen LogP contribution is -2.45. The van der Waals surface area contributed by atoms with E-state index in [1.807, 2.05) is 13.8 Å². The van der Waals surface area contributed by atoms with E-state index in [9.17, 15) is 4.79 Å². The lowest BCUT2D eigenvalue weighted by molar-refractivity contribution is -0.174. The average molecular weight is 251 g/mol. The minimum atomic E-state index is -0.968. The van der Waals surface area contributed by atoms with Gasteiger partial charge in [0.05, 0.1) is 12.3 Å². The van der Waals surface area contributed by atoms with Crippen LogP contribution in [0.1, 0.15) is 27.2 Å². The van der Waals surface area contributed by atoms with Crippen LogP contribution in [0.3, 0.4) is 0 Å². The number of carbonyl (C=O) groups excluding carboxylic acids is 1. The Morgan fingerprint density at radius 1 is 1.69 bits per heavy atom. The number of hydrogen-bond donors (Lipinski definition) is 1. The van der Waals surface area contributed by atoms with E-state index < -0.39 is 5.60 Å². The highest BCUT2D eigenvalue weighted by molar-refractivity contribution is 5.94. The summed E-state index contributed by atoms with van der Waals surface area (Å²) in [7, 11) is 0. The first-order chi connectivity index (χ1) is 7.06. The largest absolute Gasteiger partial charge is 0.463 e. The van der Waals surface area contributed by atoms with Crippen LogP contribution in [0.4, 0.5) is 0 Å². The minimum absolute atomic E-state index is 0. The molecule has 0 aliphatic carbocycles. The Morgan fingerprint density at radius 2 is 2.31 bits per heavy atom. The van der Waals surface area contributed by atoms with Crippen molar-refractivity contribution in [1.82, 2.24) is 0 Å². The summed E-state index contributed by atoms with van der Waals surface area (Å²) in [4.78, 5) is 17.1. The van der Waals surface area contributed by atoms with E-state index in [1.54, 1.807) is 6.92 Å². The highest BCUT2D eigenvalue weighted by atomic mass is 35.5. The maximum absolute atomic E-state index is 11.8. The smallest absolute Gasteiger partial charge is 0.354 e. The van der Waals surface area contributed by atoms with Crippen LogP contribution >= 0.6 is 12.4 Å². The van der Waals surface area contributed by atoms with Crippen molar-refractivity contribution in [1.29, 1.82) is 0 Å². The van der Waals surface area contributed by atoms with E-state index in [0.29, 0.717) is 25.3 Å². The van der Waals surface area contributed by atoms with E-state index in [2.05, 4.69) is 5.16 Å². The van der Waals surface area contributed by atoms with Crippen molar-refractivity contribution in [3.8, 4) is 0 Å². The predicted octanol–water partition coefficient (Wildman–Crippen LogP) is 1.10. The van der Waals surface area contributed by atoms with Crippen molar-refractivity contribution in [2.75, 3.05) is 13.2 Å². The molecule has 0 amide bonds. The number of hydrogen-bond acceptors (Lipinski definition) is 5. The molecule has 0 bridgehead atoms. The van der Waals surface area contributed by atoms with Gasteiger partial charge in [0.2, 0.25) is 5.60 Å². The normalized spacial score (nSPS) is 23.4. The van der Waals surface area contributed by atoms with Gasteiger partial charge in [-0.05, 0) is 6.92 Å². The monoisotopic (exact) mass is 250 g/mol. The molecule has 0 aromatic heterocycles. The Morgan fingerprint density at radius 3 is 2.69 bits per heavy atom. The molecule has 1 rings (SSSR count). The Bertz CT molecular complexity index is 281. The third-order valence-corrected chi connectivity index (χ3v) is 2.59. The fourth-order valence-corrected chi connectivity index (χ4v) is 1.53. The van der Waals surface area contributed by atoms with Gasteiger partial charge in [-0.15, -0.1) is 12.4 Å². The molecule has 0 radical (unpaired) electrons. The van der Waals surface area contributed by atoms with Crippen molar-refractivity contribution in [2.24, 2.45) is 16.8 Å². The zero-order chi connectivity index (χ0) is 11.5. The summed E-state index contributed by atoms with van der Waals surface area (Å²) >= 11 is 0. The number of carbonyl (C=O) groups is 1. The van der Waals surface area contributed by atoms with Crippen LogP contribution in [-0.2, 0) is 14.4 Å². The summed E-state index contributed by atoms with van der Waals surface area (Å²) in [6.07, 6.45) is 0.431. The van der Waals surface area contributed by atoms with Gasteiger partial charge < -0.3 is 15.3 Å². The second-order valence-corrected chi connectivity index (χ2v) is 3.89. The van der Waals surface area contributed by atoms with E-state index in [4.69, 9.17) is 15.3 Å². The van der Waals surface area contributed by atoms with Gasteiger partial charge in [-0.3, -0.25) is 0 Å². The van der Waals surface area contributed by atoms with Crippen molar-refractivity contribution in [3.63, 3.8) is 0 Å². The lowest BCUT2D eigenvalue weighted by Gasteiger charge is -2.27. The van der Waals surface area contributed by atoms with Gasteiger partial charge in [0.25, 0.3) is 0 Å². The van der Waals surface area contributed by atoms with Crippen molar-refractivity contribution < 1.29 is 14.4 Å². The minimum Gasteiger partial charge on any atom is -0.463 e. The highest BCUT2D eigenvalue weighted by Gasteiger charge is 2.50. The first-order valence-corrected chi connectivity index (χ1v) is 5.18. The molecule has 0 saturated heterocycles. The summed E-state index contributed by atoms with van der Waals surface area (Å²) in [6, 6.07) is 0. The summed E-state index contributed by atoms with van der Waals surface area (Å²) in [5.41, 5.74) is 5.20. The van der Waals surface area contributed by atoms with Crippen LogP contribution in [0.5, 0.6) is 0 Å². The van der Waals surface area contributed by atoms with Crippen molar-refractivity contribution in [3.05, 3.63) is 0 Å². The fraction of sp³-hybridized carbons (Fsp3) is 0.800. The van der Waals surface area contributed by atoms with Gasteiger partial charge in [0, 0.05) is 18.9 Å². The molecule has 2 N–H and O–H groups in total. The highest BCUT2D eigenvalue weighted by Crippen LogP contribution is 2.32. The number of rotatable bonds is 4. The average Bonchev–Trinajstić information content (AvgIpc) is 2.63. The Kier molecular flexibility index (Phi) is 5.75. The zero-order valence-electron chi connectivity index (χ0n) is 9.86. The molecule has 1 aliphatic heterocycles. The summed E-state index contributed by atoms with van der Waals surface area (Å²) < 4.78 is 5.01. The van der Waals surface area contributed by atoms with Crippen LogP contribution in [0.15, 0.2) is 5.16 Å². The summed E-state index contributed by atoms with van der Waals surface area (Å²) in [5, 5.41) is 3.82. The standard InChI is InChI=1S/C10H18N2O3.ClH/c1-4-14-9(13)10(7(2)3)5-8(6-11)12-15-10;/h7H,4-6,11H2,1-3H3;1H. The van der Waals surface area contributed by atoms with Gasteiger partial charge in [-0.2, -0.15) is 0 Å². The maximum Gasteiger partial charge on any atom is 0.354 e. The van der Waals surface area contributed by atoms with E-state index in [-0.39, 0.29) is 24.3 Å². The van der Waals surface area contributed by atoms with Crippen LogP contribution < -0.4 is 5.73 Å². The van der Waals surface area contributed by atoms with Crippen LogP contribution in [0.2, 0.25) is 0 Å². The molecule has 0 saturated carbocycles. The summed E-state index contributed by atoms with van der Waals surface area (Å²) in [5.74, 6) is -0.350. The molecule has 0 aromatic rings. The molecule has 1 atom stereocenters. The lowest BCUT2D eigenvalue weighted by atomic mass is 9.86. The van der Waals surface area contributed by atoms with E-state index in [0.717, 1.165) is 0 Å². The van der Waals surface area contributed by atoms with E-state index >= 15 is 0 Å². The third kappa shape index (κ3) is 2.65. The van der Waals surface area contributed by atoms with Gasteiger partial charge in [-0.1, -0.05) is 19.0 Å². The quantitative estimate of drug-likeness (QED) is 0.759. The third-order valence-electron chi connectivity index (χ3n) is 2.59. The molecule has 16 heavy (non-hydrogen) atoms. The van der Waals surface area contributed by atoms with Crippen LogP contribution in [-0.4, -0.2) is 30.4 Å². The molecular formula is C10H19ClN2O3. The molecule has 1 unspecified atom stereocenters. The zero-order valence-corrected chi connectivity index (χ0v) is 10.7. The van der Waals surface area contributed by atoms with Gasteiger partial charge in [-0.25, -0.2) is 4.79 Å². The number of ether oxygens (including phenoxy) is 1. The predicted molar refractivity (Wildman–Crippen MR) is 63.6 cm³/mol. The molecule has 0 spiro atoms. The molecule has 0 aromatic carbocycles. The fourth-order valence-electron chi connectivity index (χ4n) is 1.53. The number of nitrogens with two attached hydrogens (primary N) is 1. The van der Waals surface area contributed by atoms with Gasteiger partial charge >= 0.3 is 5.97 Å². The molecular weight excluding hydrogens is 232 g/mol. The number of oxime groups is 1. The second kappa shape index (κ2) is 6.06. The molecule has 1 aliphatic rings. The van der Waals surface area contributed by atoms with Crippen molar-refractivity contribution >= 4 is 24.1 Å². The Hall–Kier alpha value is -0.810. The number of halogens is 1. The molecule has 0 fully saturated rings. The Balaban J connectivity index is 0.00000225. The van der Waals surface area contributed by atoms with Gasteiger partial charge in [0.15, 0.2) is 0 Å². The molecule has 6 heteroatoms. The number of nitrogens with zero attached hydrogens (tertiary/aromatic N) is 1. The van der Waals surface area contributed by atoms with Gasteiger partial charge in [0.1, 0.15) is 0 Å².